The highest BCUT2D eigenvalue weighted by Crippen LogP contribution is 2.27. The minimum absolute atomic E-state index is 0.0688. The molecule has 1 atom stereocenters. The second-order valence-electron chi connectivity index (χ2n) is 7.16. The van der Waals surface area contributed by atoms with Crippen molar-refractivity contribution < 1.29 is 32.3 Å². The van der Waals surface area contributed by atoms with Crippen molar-refractivity contribution in [3.8, 4) is 0 Å². The molecule has 1 fully saturated rings. The molecule has 1 saturated heterocycles. The van der Waals surface area contributed by atoms with Gasteiger partial charge in [0.1, 0.15) is 18.4 Å². The zero-order valence-corrected chi connectivity index (χ0v) is 19.6. The summed E-state index contributed by atoms with van der Waals surface area (Å²) in [5, 5.41) is 9.71. The number of carbonyl (C=O) groups excluding carboxylic acids is 2. The molecule has 9 nitrogen and oxygen atoms in total. The number of aliphatic carboxylic acids is 1. The quantitative estimate of drug-likeness (QED) is 0.556. The van der Waals surface area contributed by atoms with E-state index in [0.717, 1.165) is 21.3 Å². The van der Waals surface area contributed by atoms with E-state index in [9.17, 15) is 27.2 Å². The Kier molecular flexibility index (Phi) is 7.52. The number of carbonyl (C=O) groups is 3. The van der Waals surface area contributed by atoms with Gasteiger partial charge in [-0.2, -0.15) is 4.72 Å². The predicted octanol–water partition coefficient (Wildman–Crippen LogP) is 2.39. The maximum absolute atomic E-state index is 14.7. The Balaban J connectivity index is 1.69. The number of amides is 2. The molecule has 2 N–H and O–H groups in total. The Hall–Kier alpha value is -2.80. The Labute approximate surface area is 198 Å². The Bertz CT molecular complexity index is 1230. The number of anilines is 1. The van der Waals surface area contributed by atoms with Gasteiger partial charge in [-0.1, -0.05) is 11.6 Å². The Morgan fingerprint density at radius 3 is 2.70 bits per heavy atom. The van der Waals surface area contributed by atoms with E-state index < -0.39 is 46.2 Å². The van der Waals surface area contributed by atoms with Crippen molar-refractivity contribution in [2.75, 3.05) is 25.0 Å². The highest BCUT2D eigenvalue weighted by Gasteiger charge is 2.36. The van der Waals surface area contributed by atoms with E-state index in [1.807, 2.05) is 0 Å². The summed E-state index contributed by atoms with van der Waals surface area (Å²) in [5.41, 5.74) is -0.189. The molecule has 0 unspecified atom stereocenters. The molecule has 2 heterocycles. The zero-order valence-electron chi connectivity index (χ0n) is 17.2. The van der Waals surface area contributed by atoms with Gasteiger partial charge in [0, 0.05) is 29.4 Å². The average molecular weight is 516 g/mol. The summed E-state index contributed by atoms with van der Waals surface area (Å²) < 4.78 is 42.1. The molecule has 0 saturated carbocycles. The van der Waals surface area contributed by atoms with Gasteiger partial charge in [0.05, 0.1) is 10.0 Å². The lowest BCUT2D eigenvalue weighted by Gasteiger charge is -2.19. The largest absolute Gasteiger partial charge is 0.480 e. The average Bonchev–Trinajstić information content (AvgIpc) is 3.31. The molecule has 0 aliphatic carbocycles. The van der Waals surface area contributed by atoms with Crippen molar-refractivity contribution in [1.82, 2.24) is 9.62 Å². The number of halogens is 2. The molecule has 1 aliphatic rings. The van der Waals surface area contributed by atoms with Crippen LogP contribution < -0.4 is 9.62 Å². The number of thiophene rings is 1. The van der Waals surface area contributed by atoms with Crippen LogP contribution in [0.15, 0.2) is 35.7 Å². The van der Waals surface area contributed by atoms with Crippen LogP contribution in [0, 0.1) is 5.82 Å². The normalized spacial score (nSPS) is 16.5. The van der Waals surface area contributed by atoms with Gasteiger partial charge >= 0.3 is 5.97 Å². The van der Waals surface area contributed by atoms with E-state index in [0.29, 0.717) is 9.21 Å². The van der Waals surface area contributed by atoms with Crippen LogP contribution in [0.2, 0.25) is 4.34 Å². The first-order chi connectivity index (χ1) is 15.5. The number of rotatable bonds is 8. The number of hydrogen-bond donors (Lipinski definition) is 2. The number of nitrogens with zero attached hydrogens (tertiary/aromatic N) is 2. The maximum atomic E-state index is 14.7. The van der Waals surface area contributed by atoms with Crippen LogP contribution in [-0.2, 0) is 19.6 Å². The molecule has 2 amide bonds. The number of carboxylic acid groups (broad SMARTS) is 1. The minimum atomic E-state index is -3.95. The van der Waals surface area contributed by atoms with Crippen LogP contribution in [0.1, 0.15) is 21.7 Å². The van der Waals surface area contributed by atoms with Crippen LogP contribution in [0.5, 0.6) is 0 Å². The topological polar surface area (TPSA) is 124 Å². The summed E-state index contributed by atoms with van der Waals surface area (Å²) in [7, 11) is -2.68. The number of sulfonamides is 1. The summed E-state index contributed by atoms with van der Waals surface area (Å²) in [5.74, 6) is -3.41. The molecule has 1 aromatic carbocycles. The van der Waals surface area contributed by atoms with Gasteiger partial charge in [-0.05, 0) is 42.8 Å². The van der Waals surface area contributed by atoms with Crippen molar-refractivity contribution in [3.05, 3.63) is 56.3 Å². The predicted molar refractivity (Wildman–Crippen MR) is 122 cm³/mol. The van der Waals surface area contributed by atoms with Gasteiger partial charge < -0.3 is 14.9 Å². The van der Waals surface area contributed by atoms with Crippen LogP contribution in [-0.4, -0.2) is 62.4 Å². The summed E-state index contributed by atoms with van der Waals surface area (Å²) in [6, 6.07) is 5.62. The van der Waals surface area contributed by atoms with Gasteiger partial charge in [0.2, 0.25) is 15.9 Å². The van der Waals surface area contributed by atoms with Gasteiger partial charge in [-0.3, -0.25) is 14.4 Å². The standard InChI is InChI=1S/C20H19ClFN3O6S2/c1-24(11-18(26)27)19(28)12-2-4-16(14(22)10-12)25-8-6-15(20(25)29)23-33(30,31)9-7-13-3-5-17(21)32-13/h2-5,7,9-10,15,23H,6,8,11H2,1H3,(H,26,27)/b9-7+/t15-/m0/s1. The molecule has 0 radical (unpaired) electrons. The van der Waals surface area contributed by atoms with E-state index >= 15 is 0 Å². The smallest absolute Gasteiger partial charge is 0.323 e. The number of benzene rings is 1. The first-order valence-electron chi connectivity index (χ1n) is 9.51. The molecular formula is C20H19ClFN3O6S2. The summed E-state index contributed by atoms with van der Waals surface area (Å²) in [6.07, 6.45) is 1.48. The molecular weight excluding hydrogens is 497 g/mol. The fourth-order valence-corrected chi connectivity index (χ4v) is 5.26. The first-order valence-corrected chi connectivity index (χ1v) is 12.2. The lowest BCUT2D eigenvalue weighted by Crippen LogP contribution is -2.41. The van der Waals surface area contributed by atoms with Gasteiger partial charge in [-0.15, -0.1) is 11.3 Å². The number of carboxylic acids is 1. The molecule has 13 heteroatoms. The van der Waals surface area contributed by atoms with Gasteiger partial charge in [-0.25, -0.2) is 12.8 Å². The van der Waals surface area contributed by atoms with E-state index in [1.165, 1.54) is 36.6 Å². The zero-order chi connectivity index (χ0) is 24.3. The number of nitrogens with one attached hydrogen (secondary N) is 1. The first kappa shape index (κ1) is 24.8. The molecule has 3 rings (SSSR count). The lowest BCUT2D eigenvalue weighted by atomic mass is 10.1. The van der Waals surface area contributed by atoms with E-state index in [-0.39, 0.29) is 24.2 Å². The molecule has 2 aromatic rings. The minimum Gasteiger partial charge on any atom is -0.480 e. The van der Waals surface area contributed by atoms with Crippen LogP contribution >= 0.6 is 22.9 Å². The monoisotopic (exact) mass is 515 g/mol. The molecule has 1 aliphatic heterocycles. The highest BCUT2D eigenvalue weighted by atomic mass is 35.5. The summed E-state index contributed by atoms with van der Waals surface area (Å²) in [4.78, 5) is 38.3. The second-order valence-corrected chi connectivity index (χ2v) is 10.5. The van der Waals surface area contributed by atoms with Gasteiger partial charge in [0.25, 0.3) is 5.91 Å². The fraction of sp³-hybridized carbons (Fsp3) is 0.250. The summed E-state index contributed by atoms with van der Waals surface area (Å²) >= 11 is 7.00. The SMILES string of the molecule is CN(CC(=O)O)C(=O)c1ccc(N2CC[C@H](NS(=O)(=O)/C=C/c3ccc(Cl)s3)C2=O)c(F)c1. The second kappa shape index (κ2) is 10.00. The number of likely N-dealkylation sites (N-methyl/N-ethyl adjacent to an activating group) is 1. The van der Waals surface area contributed by atoms with Gasteiger partial charge in [0.15, 0.2) is 0 Å². The molecule has 0 spiro atoms. The molecule has 1 aromatic heterocycles. The molecule has 33 heavy (non-hydrogen) atoms. The van der Waals surface area contributed by atoms with Crippen molar-refractivity contribution in [2.24, 2.45) is 0 Å². The van der Waals surface area contributed by atoms with E-state index in [2.05, 4.69) is 4.72 Å². The maximum Gasteiger partial charge on any atom is 0.323 e. The van der Waals surface area contributed by atoms with E-state index in [4.69, 9.17) is 16.7 Å². The fourth-order valence-electron chi connectivity index (χ4n) is 3.19. The third kappa shape index (κ3) is 6.16. The third-order valence-corrected chi connectivity index (χ3v) is 7.03. The van der Waals surface area contributed by atoms with Crippen LogP contribution in [0.3, 0.4) is 0 Å². The molecule has 0 bridgehead atoms. The Morgan fingerprint density at radius 2 is 2.09 bits per heavy atom. The van der Waals surface area contributed by atoms with Crippen LogP contribution in [0.4, 0.5) is 10.1 Å². The number of hydrogen-bond acceptors (Lipinski definition) is 6. The van der Waals surface area contributed by atoms with Crippen molar-refractivity contribution in [2.45, 2.75) is 12.5 Å². The van der Waals surface area contributed by atoms with Crippen LogP contribution in [0.25, 0.3) is 6.08 Å². The van der Waals surface area contributed by atoms with Crippen molar-refractivity contribution in [3.63, 3.8) is 0 Å². The summed E-state index contributed by atoms with van der Waals surface area (Å²) in [6.45, 7) is -0.484. The Morgan fingerprint density at radius 1 is 1.36 bits per heavy atom. The third-order valence-electron chi connectivity index (χ3n) is 4.72. The van der Waals surface area contributed by atoms with Crippen molar-refractivity contribution in [1.29, 1.82) is 0 Å². The lowest BCUT2D eigenvalue weighted by molar-refractivity contribution is -0.137. The van der Waals surface area contributed by atoms with E-state index in [1.54, 1.807) is 12.1 Å². The van der Waals surface area contributed by atoms with Crippen molar-refractivity contribution >= 4 is 62.5 Å². The highest BCUT2D eigenvalue weighted by molar-refractivity contribution is 7.92. The molecule has 176 valence electrons.